The van der Waals surface area contributed by atoms with Crippen LogP contribution >= 0.6 is 0 Å². The average Bonchev–Trinajstić information content (AvgIpc) is 2.72. The van der Waals surface area contributed by atoms with E-state index in [9.17, 15) is 14.4 Å². The second-order valence-electron chi connectivity index (χ2n) is 7.54. The number of rotatable bonds is 5. The van der Waals surface area contributed by atoms with Gasteiger partial charge in [-0.25, -0.2) is 0 Å². The van der Waals surface area contributed by atoms with E-state index in [1.165, 1.54) is 11.3 Å². The fourth-order valence-electron chi connectivity index (χ4n) is 4.02. The van der Waals surface area contributed by atoms with Gasteiger partial charge in [-0.1, -0.05) is 37.5 Å². The molecule has 0 aromatic heterocycles. The van der Waals surface area contributed by atoms with Crippen molar-refractivity contribution < 1.29 is 14.4 Å². The Balaban J connectivity index is 1.43. The molecule has 1 saturated carbocycles. The van der Waals surface area contributed by atoms with Crippen molar-refractivity contribution in [2.45, 2.75) is 39.0 Å². The summed E-state index contributed by atoms with van der Waals surface area (Å²) in [7, 11) is 0. The molecule has 6 heteroatoms. The number of amides is 2. The quantitative estimate of drug-likeness (QED) is 0.803. The monoisotopic (exact) mass is 371 g/mol. The predicted octanol–water partition coefficient (Wildman–Crippen LogP) is 1.91. The van der Waals surface area contributed by atoms with E-state index in [1.807, 2.05) is 12.1 Å². The minimum atomic E-state index is -0.603. The highest BCUT2D eigenvalue weighted by Crippen LogP contribution is 2.24. The maximum Gasteiger partial charge on any atom is 0.288 e. The van der Waals surface area contributed by atoms with Crippen LogP contribution in [0.1, 0.15) is 37.7 Å². The summed E-state index contributed by atoms with van der Waals surface area (Å²) < 4.78 is 0. The molecule has 1 saturated heterocycles. The van der Waals surface area contributed by atoms with E-state index >= 15 is 0 Å². The summed E-state index contributed by atoms with van der Waals surface area (Å²) in [5.41, 5.74) is 2.43. The number of ketones is 1. The smallest absolute Gasteiger partial charge is 0.288 e. The van der Waals surface area contributed by atoms with Crippen LogP contribution in [0.15, 0.2) is 24.3 Å². The lowest BCUT2D eigenvalue weighted by Gasteiger charge is -2.36. The number of piperazine rings is 1. The molecule has 0 bridgehead atoms. The number of benzene rings is 1. The number of nitrogens with zero attached hydrogens (tertiary/aromatic N) is 2. The van der Waals surface area contributed by atoms with Gasteiger partial charge in [0.15, 0.2) is 0 Å². The third-order valence-corrected chi connectivity index (χ3v) is 5.69. The summed E-state index contributed by atoms with van der Waals surface area (Å²) in [4.78, 5) is 40.7. The molecule has 3 rings (SSSR count). The van der Waals surface area contributed by atoms with Gasteiger partial charge in [0.25, 0.3) is 5.91 Å². The Labute approximate surface area is 160 Å². The zero-order valence-corrected chi connectivity index (χ0v) is 16.1. The second-order valence-corrected chi connectivity index (χ2v) is 7.54. The topological polar surface area (TPSA) is 69.7 Å². The third kappa shape index (κ3) is 4.87. The van der Waals surface area contributed by atoms with E-state index in [4.69, 9.17) is 0 Å². The number of anilines is 1. The van der Waals surface area contributed by atoms with Crippen LogP contribution in [-0.4, -0.2) is 55.2 Å². The molecule has 27 heavy (non-hydrogen) atoms. The van der Waals surface area contributed by atoms with Crippen molar-refractivity contribution >= 4 is 23.3 Å². The molecular weight excluding hydrogens is 342 g/mol. The normalized spacial score (nSPS) is 18.3. The molecule has 2 fully saturated rings. The zero-order valence-electron chi connectivity index (χ0n) is 16.1. The zero-order chi connectivity index (χ0) is 19.2. The Kier molecular flexibility index (Phi) is 6.48. The van der Waals surface area contributed by atoms with Crippen LogP contribution in [0, 0.1) is 12.8 Å². The fourth-order valence-corrected chi connectivity index (χ4v) is 4.02. The molecule has 1 heterocycles. The first-order chi connectivity index (χ1) is 13.1. The number of para-hydroxylation sites is 1. The first-order valence-corrected chi connectivity index (χ1v) is 9.96. The number of hydrogen-bond acceptors (Lipinski definition) is 4. The average molecular weight is 371 g/mol. The molecule has 0 radical (unpaired) electrons. The molecule has 1 aliphatic carbocycles. The van der Waals surface area contributed by atoms with Crippen molar-refractivity contribution in [1.29, 1.82) is 0 Å². The molecule has 6 nitrogen and oxygen atoms in total. The van der Waals surface area contributed by atoms with E-state index < -0.39 is 5.91 Å². The van der Waals surface area contributed by atoms with Gasteiger partial charge in [0.1, 0.15) is 0 Å². The lowest BCUT2D eigenvalue weighted by Crippen LogP contribution is -2.52. The number of nitrogens with one attached hydrogen (secondary N) is 1. The maximum absolute atomic E-state index is 12.4. The first-order valence-electron chi connectivity index (χ1n) is 9.96. The van der Waals surface area contributed by atoms with E-state index in [1.54, 1.807) is 4.90 Å². The third-order valence-electron chi connectivity index (χ3n) is 5.69. The van der Waals surface area contributed by atoms with Crippen molar-refractivity contribution in [3.8, 4) is 0 Å². The maximum atomic E-state index is 12.4. The van der Waals surface area contributed by atoms with Gasteiger partial charge in [-0.2, -0.15) is 0 Å². The molecule has 2 amide bonds. The summed E-state index contributed by atoms with van der Waals surface area (Å²) in [5.74, 6) is -1.24. The highest BCUT2D eigenvalue weighted by atomic mass is 16.2. The molecule has 0 unspecified atom stereocenters. The number of carbonyl (C=O) groups is 3. The van der Waals surface area contributed by atoms with Gasteiger partial charge in [-0.15, -0.1) is 0 Å². The second kappa shape index (κ2) is 9.02. The van der Waals surface area contributed by atoms with Crippen molar-refractivity contribution in [3.63, 3.8) is 0 Å². The fraction of sp³-hybridized carbons (Fsp3) is 0.571. The molecule has 1 aromatic carbocycles. The van der Waals surface area contributed by atoms with Crippen LogP contribution in [0.2, 0.25) is 0 Å². The van der Waals surface area contributed by atoms with Gasteiger partial charge in [0.05, 0.1) is 6.54 Å². The van der Waals surface area contributed by atoms with E-state index in [2.05, 4.69) is 29.3 Å². The van der Waals surface area contributed by atoms with Crippen molar-refractivity contribution in [1.82, 2.24) is 10.2 Å². The van der Waals surface area contributed by atoms with Gasteiger partial charge in [-0.05, 0) is 31.4 Å². The van der Waals surface area contributed by atoms with Gasteiger partial charge >= 0.3 is 0 Å². The van der Waals surface area contributed by atoms with Crippen LogP contribution in [-0.2, 0) is 14.4 Å². The molecule has 1 aliphatic heterocycles. The molecule has 0 atom stereocenters. The van der Waals surface area contributed by atoms with Crippen LogP contribution in [0.5, 0.6) is 0 Å². The summed E-state index contributed by atoms with van der Waals surface area (Å²) in [6.45, 7) is 4.78. The molecule has 1 aromatic rings. The lowest BCUT2D eigenvalue weighted by molar-refractivity contribution is -0.142. The Morgan fingerprint density at radius 1 is 1.00 bits per heavy atom. The molecule has 1 N–H and O–H groups in total. The first kappa shape index (κ1) is 19.4. The minimum Gasteiger partial charge on any atom is -0.368 e. The Morgan fingerprint density at radius 2 is 1.67 bits per heavy atom. The number of hydrogen-bond donors (Lipinski definition) is 1. The standard InChI is InChI=1S/C21H29N3O3/c1-16-7-5-6-10-18(16)23-11-13-24(14-12-23)19(25)15-22-21(27)20(26)17-8-3-2-4-9-17/h5-7,10,17H,2-4,8-9,11-15H2,1H3,(H,22,27). The highest BCUT2D eigenvalue weighted by molar-refractivity contribution is 6.37. The highest BCUT2D eigenvalue weighted by Gasteiger charge is 2.28. The van der Waals surface area contributed by atoms with Crippen molar-refractivity contribution in [2.24, 2.45) is 5.92 Å². The van der Waals surface area contributed by atoms with E-state index in [0.717, 1.165) is 45.2 Å². The van der Waals surface area contributed by atoms with Gasteiger partial charge in [0, 0.05) is 37.8 Å². The SMILES string of the molecule is Cc1ccccc1N1CCN(C(=O)CNC(=O)C(=O)C2CCCCC2)CC1. The Hall–Kier alpha value is -2.37. The van der Waals surface area contributed by atoms with Crippen LogP contribution in [0.25, 0.3) is 0 Å². The van der Waals surface area contributed by atoms with Crippen LogP contribution < -0.4 is 10.2 Å². The van der Waals surface area contributed by atoms with Crippen molar-refractivity contribution in [2.75, 3.05) is 37.6 Å². The van der Waals surface area contributed by atoms with Gasteiger partial charge in [0.2, 0.25) is 11.7 Å². The predicted molar refractivity (Wildman–Crippen MR) is 105 cm³/mol. The summed E-state index contributed by atoms with van der Waals surface area (Å²) in [6, 6.07) is 8.24. The van der Waals surface area contributed by atoms with E-state index in [-0.39, 0.29) is 24.2 Å². The molecule has 2 aliphatic rings. The van der Waals surface area contributed by atoms with E-state index in [0.29, 0.717) is 13.1 Å². The number of carbonyl (C=O) groups excluding carboxylic acids is 3. The summed E-state index contributed by atoms with van der Waals surface area (Å²) in [5, 5.41) is 2.54. The van der Waals surface area contributed by atoms with Crippen LogP contribution in [0.4, 0.5) is 5.69 Å². The largest absolute Gasteiger partial charge is 0.368 e. The summed E-state index contributed by atoms with van der Waals surface area (Å²) in [6.07, 6.45) is 4.74. The lowest BCUT2D eigenvalue weighted by atomic mass is 9.86. The van der Waals surface area contributed by atoms with Gasteiger partial charge in [-0.3, -0.25) is 14.4 Å². The molecule has 146 valence electrons. The Morgan fingerprint density at radius 3 is 2.33 bits per heavy atom. The van der Waals surface area contributed by atoms with Gasteiger partial charge < -0.3 is 15.1 Å². The van der Waals surface area contributed by atoms with Crippen LogP contribution in [0.3, 0.4) is 0 Å². The summed E-state index contributed by atoms with van der Waals surface area (Å²) >= 11 is 0. The molecular formula is C21H29N3O3. The number of aryl methyl sites for hydroxylation is 1. The van der Waals surface area contributed by atoms with Crippen molar-refractivity contribution in [3.05, 3.63) is 29.8 Å². The Bertz CT molecular complexity index is 690. The number of Topliss-reactive ketones (excluding diaryl/α,β-unsaturated/α-hetero) is 1. The molecule has 0 spiro atoms. The minimum absolute atomic E-state index is 0.0956.